The zero-order valence-corrected chi connectivity index (χ0v) is 22.6. The summed E-state index contributed by atoms with van der Waals surface area (Å²) in [4.78, 5) is 69.7. The topological polar surface area (TPSA) is 203 Å². The predicted octanol–water partition coefficient (Wildman–Crippen LogP) is 0.170. The van der Waals surface area contributed by atoms with Gasteiger partial charge in [0.15, 0.2) is 17.0 Å². The molecular weight excluding hydrogens is 533 g/mol. The molecule has 0 radical (unpaired) electrons. The summed E-state index contributed by atoms with van der Waals surface area (Å²) in [7, 11) is -2.83. The van der Waals surface area contributed by atoms with Crippen LogP contribution in [0.2, 0.25) is 0 Å². The molecule has 1 aliphatic heterocycles. The molecule has 1 heterocycles. The zero-order chi connectivity index (χ0) is 28.2. The maximum absolute atomic E-state index is 12.9. The SMILES string of the molecule is COC(=O)[C@H](C)NP1(=O)OCC(C)(C)[C@H](C(=O)NCCC(=O)NCCSC(=O)CC(=O)/C=C/C(=O)O)O1. The second-order valence-electron chi connectivity index (χ2n) is 8.54. The lowest BCUT2D eigenvalue weighted by Gasteiger charge is -2.40. The van der Waals surface area contributed by atoms with Crippen LogP contribution in [0.15, 0.2) is 12.2 Å². The molecule has 0 aromatic carbocycles. The molecule has 1 unspecified atom stereocenters. The van der Waals surface area contributed by atoms with E-state index in [1.807, 2.05) is 0 Å². The van der Waals surface area contributed by atoms with E-state index in [0.29, 0.717) is 6.08 Å². The summed E-state index contributed by atoms with van der Waals surface area (Å²) in [6, 6.07) is -1.01. The fourth-order valence-corrected chi connectivity index (χ4v) is 5.44. The van der Waals surface area contributed by atoms with Crippen molar-refractivity contribution in [2.45, 2.75) is 45.8 Å². The van der Waals surface area contributed by atoms with Crippen molar-refractivity contribution in [2.75, 3.05) is 32.6 Å². The van der Waals surface area contributed by atoms with Gasteiger partial charge in [-0.15, -0.1) is 0 Å². The molecule has 208 valence electrons. The van der Waals surface area contributed by atoms with Gasteiger partial charge in [0.05, 0.1) is 20.1 Å². The van der Waals surface area contributed by atoms with Crippen LogP contribution < -0.4 is 15.7 Å². The number of aliphatic carboxylic acids is 1. The molecule has 0 spiro atoms. The maximum Gasteiger partial charge on any atom is 0.407 e. The predicted molar refractivity (Wildman–Crippen MR) is 131 cm³/mol. The summed E-state index contributed by atoms with van der Waals surface area (Å²) >= 11 is 0.820. The van der Waals surface area contributed by atoms with Gasteiger partial charge in [0, 0.05) is 36.8 Å². The van der Waals surface area contributed by atoms with Crippen LogP contribution in [0.1, 0.15) is 33.6 Å². The Labute approximate surface area is 218 Å². The molecule has 2 amide bonds. The van der Waals surface area contributed by atoms with Gasteiger partial charge < -0.3 is 20.5 Å². The number of esters is 1. The number of hydrogen-bond donors (Lipinski definition) is 4. The summed E-state index contributed by atoms with van der Waals surface area (Å²) < 4.78 is 28.2. The van der Waals surface area contributed by atoms with E-state index in [9.17, 15) is 33.3 Å². The molecule has 1 aliphatic rings. The number of rotatable bonds is 14. The third-order valence-corrected chi connectivity index (χ3v) is 7.31. The van der Waals surface area contributed by atoms with E-state index in [4.69, 9.17) is 14.2 Å². The number of ether oxygens (including phenoxy) is 1. The van der Waals surface area contributed by atoms with Crippen LogP contribution in [0.25, 0.3) is 0 Å². The maximum atomic E-state index is 12.9. The normalized spacial score (nSPS) is 21.6. The molecule has 1 fully saturated rings. The van der Waals surface area contributed by atoms with Crippen LogP contribution in [0.4, 0.5) is 0 Å². The third kappa shape index (κ3) is 12.0. The molecule has 0 saturated carbocycles. The quantitative estimate of drug-likeness (QED) is 0.0730. The Balaban J connectivity index is 2.41. The van der Waals surface area contributed by atoms with Crippen LogP contribution in [-0.2, 0) is 47.1 Å². The number of hydrogen-bond acceptors (Lipinski definition) is 11. The monoisotopic (exact) mass is 565 g/mol. The lowest BCUT2D eigenvalue weighted by molar-refractivity contribution is -0.143. The van der Waals surface area contributed by atoms with Crippen molar-refractivity contribution in [3.63, 3.8) is 0 Å². The number of amides is 2. The number of nitrogens with one attached hydrogen (secondary N) is 3. The average Bonchev–Trinajstić information content (AvgIpc) is 2.81. The second kappa shape index (κ2) is 15.0. The summed E-state index contributed by atoms with van der Waals surface area (Å²) in [5.41, 5.74) is -0.856. The van der Waals surface area contributed by atoms with Crippen molar-refractivity contribution in [3.05, 3.63) is 12.2 Å². The van der Waals surface area contributed by atoms with Crippen molar-refractivity contribution < 1.29 is 52.2 Å². The Hall–Kier alpha value is -2.58. The van der Waals surface area contributed by atoms with Gasteiger partial charge in [-0.1, -0.05) is 25.6 Å². The highest BCUT2D eigenvalue weighted by molar-refractivity contribution is 8.13. The lowest BCUT2D eigenvalue weighted by atomic mass is 9.87. The van der Waals surface area contributed by atoms with Crippen molar-refractivity contribution >= 4 is 54.2 Å². The molecule has 1 rings (SSSR count). The molecule has 0 aromatic rings. The van der Waals surface area contributed by atoms with Gasteiger partial charge in [0.25, 0.3) is 0 Å². The third-order valence-electron chi connectivity index (χ3n) is 4.77. The molecule has 3 atom stereocenters. The van der Waals surface area contributed by atoms with E-state index < -0.39 is 66.4 Å². The number of thioether (sulfide) groups is 1. The highest BCUT2D eigenvalue weighted by Crippen LogP contribution is 2.53. The second-order valence-corrected chi connectivity index (χ2v) is 11.4. The van der Waals surface area contributed by atoms with E-state index in [-0.39, 0.29) is 31.9 Å². The highest BCUT2D eigenvalue weighted by Gasteiger charge is 2.48. The number of ketones is 1. The van der Waals surface area contributed by atoms with Gasteiger partial charge in [-0.05, 0) is 13.0 Å². The van der Waals surface area contributed by atoms with E-state index >= 15 is 0 Å². The Morgan fingerprint density at radius 2 is 1.84 bits per heavy atom. The van der Waals surface area contributed by atoms with E-state index in [1.165, 1.54) is 14.0 Å². The van der Waals surface area contributed by atoms with Crippen LogP contribution in [0.5, 0.6) is 0 Å². The van der Waals surface area contributed by atoms with Crippen LogP contribution in [0.3, 0.4) is 0 Å². The summed E-state index contributed by atoms with van der Waals surface area (Å²) in [5.74, 6) is -3.44. The van der Waals surface area contributed by atoms with Crippen molar-refractivity contribution in [3.8, 4) is 0 Å². The minimum Gasteiger partial charge on any atom is -0.478 e. The minimum absolute atomic E-state index is 0.0474. The number of carboxylic acid groups (broad SMARTS) is 1. The Morgan fingerprint density at radius 1 is 1.16 bits per heavy atom. The first kappa shape index (κ1) is 32.4. The molecule has 1 saturated heterocycles. The molecule has 37 heavy (non-hydrogen) atoms. The summed E-state index contributed by atoms with van der Waals surface area (Å²) in [6.45, 7) is 4.74. The molecule has 16 heteroatoms. The van der Waals surface area contributed by atoms with Gasteiger partial charge in [0.2, 0.25) is 11.8 Å². The number of methoxy groups -OCH3 is 1. The highest BCUT2D eigenvalue weighted by atomic mass is 32.2. The minimum atomic E-state index is -3.99. The van der Waals surface area contributed by atoms with Crippen LogP contribution >= 0.6 is 19.5 Å². The number of allylic oxidation sites excluding steroid dienone is 1. The fourth-order valence-electron chi connectivity index (χ4n) is 2.83. The van der Waals surface area contributed by atoms with Crippen LogP contribution in [-0.4, -0.2) is 84.5 Å². The molecule has 14 nitrogen and oxygen atoms in total. The van der Waals surface area contributed by atoms with E-state index in [0.717, 1.165) is 17.8 Å². The Morgan fingerprint density at radius 3 is 2.46 bits per heavy atom. The fraction of sp³-hybridized carbons (Fsp3) is 0.619. The largest absolute Gasteiger partial charge is 0.478 e. The van der Waals surface area contributed by atoms with Gasteiger partial charge in [-0.3, -0.25) is 33.0 Å². The first-order valence-electron chi connectivity index (χ1n) is 11.1. The van der Waals surface area contributed by atoms with Gasteiger partial charge in [0.1, 0.15) is 6.04 Å². The van der Waals surface area contributed by atoms with Crippen molar-refractivity contribution in [1.82, 2.24) is 15.7 Å². The van der Waals surface area contributed by atoms with Gasteiger partial charge >= 0.3 is 19.7 Å². The first-order valence-corrected chi connectivity index (χ1v) is 13.6. The molecule has 0 aliphatic carbocycles. The molecule has 0 bridgehead atoms. The number of carbonyl (C=O) groups excluding carboxylic acids is 5. The molecular formula is C21H32N3O11PS. The summed E-state index contributed by atoms with van der Waals surface area (Å²) in [5, 5.41) is 15.5. The van der Waals surface area contributed by atoms with E-state index in [2.05, 4.69) is 20.5 Å². The number of carboxylic acids is 1. The van der Waals surface area contributed by atoms with E-state index in [1.54, 1.807) is 13.8 Å². The Bertz CT molecular complexity index is 969. The molecule has 4 N–H and O–H groups in total. The average molecular weight is 566 g/mol. The Kier molecular flexibility index (Phi) is 13.1. The first-order chi connectivity index (χ1) is 17.2. The standard InChI is InChI=1S/C21H32N3O11PS/c1-13(20(31)33-4)24-36(32)34-12-21(2,3)18(35-36)19(30)23-8-7-15(26)22-9-10-37-17(29)11-14(25)5-6-16(27)28/h5-6,13,18H,7-12H2,1-4H3,(H,22,26)(H,23,30)(H,24,32)(H,27,28)/b6-5+/t13-,18-,36?/m0/s1. The number of carbonyl (C=O) groups is 6. The van der Waals surface area contributed by atoms with Crippen molar-refractivity contribution in [1.29, 1.82) is 0 Å². The smallest absolute Gasteiger partial charge is 0.407 e. The lowest BCUT2D eigenvalue weighted by Crippen LogP contribution is -2.51. The molecule has 0 aromatic heterocycles. The van der Waals surface area contributed by atoms with Crippen LogP contribution in [0, 0.1) is 5.41 Å². The summed E-state index contributed by atoms with van der Waals surface area (Å²) in [6.07, 6.45) is -0.273. The van der Waals surface area contributed by atoms with Crippen molar-refractivity contribution in [2.24, 2.45) is 5.41 Å². The van der Waals surface area contributed by atoms with Gasteiger partial charge in [-0.25, -0.2) is 14.4 Å². The van der Waals surface area contributed by atoms with Gasteiger partial charge in [-0.2, -0.15) is 0 Å². The zero-order valence-electron chi connectivity index (χ0n) is 20.9.